The van der Waals surface area contributed by atoms with E-state index in [-0.39, 0.29) is 15.9 Å². The number of aromatic amines is 1. The van der Waals surface area contributed by atoms with Gasteiger partial charge in [0.1, 0.15) is 5.56 Å². The Labute approximate surface area is 150 Å². The molecule has 0 radical (unpaired) electrons. The van der Waals surface area contributed by atoms with Crippen molar-refractivity contribution >= 4 is 32.5 Å². The zero-order valence-corrected chi connectivity index (χ0v) is 15.0. The fraction of sp³-hybridized carbons (Fsp3) is 0.111. The molecule has 134 valence electrons. The summed E-state index contributed by atoms with van der Waals surface area (Å²) < 4.78 is 25.2. The van der Waals surface area contributed by atoms with Crippen LogP contribution in [0.4, 0.5) is 5.69 Å². The number of H-pyrrole nitrogens is 1. The van der Waals surface area contributed by atoms with Crippen molar-refractivity contribution in [3.05, 3.63) is 70.5 Å². The van der Waals surface area contributed by atoms with E-state index in [4.69, 9.17) is 0 Å². The Morgan fingerprint density at radius 1 is 1.04 bits per heavy atom. The molecule has 0 aliphatic carbocycles. The Morgan fingerprint density at radius 2 is 1.69 bits per heavy atom. The van der Waals surface area contributed by atoms with E-state index in [1.54, 1.807) is 24.3 Å². The number of pyridine rings is 1. The number of nitrogens with zero attached hydrogens (tertiary/aromatic N) is 1. The van der Waals surface area contributed by atoms with Crippen molar-refractivity contribution in [2.24, 2.45) is 0 Å². The average Bonchev–Trinajstić information content (AvgIpc) is 2.62. The summed E-state index contributed by atoms with van der Waals surface area (Å²) in [5, 5.41) is 3.03. The molecule has 0 atom stereocenters. The van der Waals surface area contributed by atoms with Crippen molar-refractivity contribution in [1.82, 2.24) is 9.29 Å². The highest BCUT2D eigenvalue weighted by Crippen LogP contribution is 2.17. The van der Waals surface area contributed by atoms with E-state index in [1.807, 2.05) is 0 Å². The molecular weight excluding hydrogens is 354 g/mol. The van der Waals surface area contributed by atoms with Crippen LogP contribution < -0.4 is 10.7 Å². The minimum absolute atomic E-state index is 0.0197. The number of carbonyl (C=O) groups is 1. The number of aromatic nitrogens is 1. The van der Waals surface area contributed by atoms with Gasteiger partial charge >= 0.3 is 0 Å². The van der Waals surface area contributed by atoms with Gasteiger partial charge in [-0.05, 0) is 36.4 Å². The maximum atomic E-state index is 12.5. The first-order chi connectivity index (χ1) is 12.3. The molecule has 1 aromatic heterocycles. The molecule has 0 unspecified atom stereocenters. The first-order valence-corrected chi connectivity index (χ1v) is 9.19. The fourth-order valence-corrected chi connectivity index (χ4v) is 3.36. The standard InChI is InChI=1S/C18H17N3O4S/c1-21(2)26(24,25)13-9-7-12(8-10-13)20-18(23)15-11-19-16-6-4-3-5-14(16)17(15)22/h3-11H,1-2H3,(H,19,22)(H,20,23). The quantitative estimate of drug-likeness (QED) is 0.733. The van der Waals surface area contributed by atoms with E-state index in [0.717, 1.165) is 4.31 Å². The van der Waals surface area contributed by atoms with Gasteiger partial charge in [-0.1, -0.05) is 12.1 Å². The van der Waals surface area contributed by atoms with Crippen molar-refractivity contribution in [2.75, 3.05) is 19.4 Å². The maximum absolute atomic E-state index is 12.5. The second-order valence-corrected chi connectivity index (χ2v) is 7.99. The Kier molecular flexibility index (Phi) is 4.62. The van der Waals surface area contributed by atoms with Crippen LogP contribution in [0.15, 0.2) is 64.4 Å². The zero-order chi connectivity index (χ0) is 18.9. The molecule has 0 aliphatic heterocycles. The molecule has 0 fully saturated rings. The summed E-state index contributed by atoms with van der Waals surface area (Å²) in [4.78, 5) is 27.9. The predicted octanol–water partition coefficient (Wildman–Crippen LogP) is 2.03. The number of fused-ring (bicyclic) bond motifs is 1. The average molecular weight is 371 g/mol. The number of carbonyl (C=O) groups excluding carboxylic acids is 1. The second kappa shape index (κ2) is 6.74. The fourth-order valence-electron chi connectivity index (χ4n) is 2.46. The van der Waals surface area contributed by atoms with E-state index < -0.39 is 15.9 Å². The van der Waals surface area contributed by atoms with Gasteiger partial charge < -0.3 is 10.3 Å². The summed E-state index contributed by atoms with van der Waals surface area (Å²) in [7, 11) is -0.657. The minimum Gasteiger partial charge on any atom is -0.360 e. The Morgan fingerprint density at radius 3 is 2.35 bits per heavy atom. The lowest BCUT2D eigenvalue weighted by molar-refractivity contribution is 0.102. The SMILES string of the molecule is CN(C)S(=O)(=O)c1ccc(NC(=O)c2c[nH]c3ccccc3c2=O)cc1. The number of benzene rings is 2. The number of amides is 1. The number of hydrogen-bond donors (Lipinski definition) is 2. The lowest BCUT2D eigenvalue weighted by atomic mass is 10.1. The molecular formula is C18H17N3O4S. The normalized spacial score (nSPS) is 11.7. The Balaban J connectivity index is 1.87. The number of rotatable bonds is 4. The van der Waals surface area contributed by atoms with Crippen molar-refractivity contribution in [3.8, 4) is 0 Å². The van der Waals surface area contributed by atoms with Crippen LogP contribution in [0.2, 0.25) is 0 Å². The largest absolute Gasteiger partial charge is 0.360 e. The molecule has 0 saturated heterocycles. The Hall–Kier alpha value is -2.97. The smallest absolute Gasteiger partial charge is 0.261 e. The summed E-state index contributed by atoms with van der Waals surface area (Å²) in [5.41, 5.74) is 0.643. The molecule has 0 bridgehead atoms. The van der Waals surface area contributed by atoms with Gasteiger partial charge in [0.25, 0.3) is 5.91 Å². The molecule has 2 aromatic carbocycles. The first-order valence-electron chi connectivity index (χ1n) is 7.75. The van der Waals surface area contributed by atoms with Gasteiger partial charge in [-0.2, -0.15) is 0 Å². The van der Waals surface area contributed by atoms with Crippen molar-refractivity contribution in [2.45, 2.75) is 4.90 Å². The lowest BCUT2D eigenvalue weighted by Crippen LogP contribution is -2.23. The van der Waals surface area contributed by atoms with E-state index >= 15 is 0 Å². The van der Waals surface area contributed by atoms with Crippen LogP contribution in [0.3, 0.4) is 0 Å². The lowest BCUT2D eigenvalue weighted by Gasteiger charge is -2.12. The highest BCUT2D eigenvalue weighted by molar-refractivity contribution is 7.89. The predicted molar refractivity (Wildman–Crippen MR) is 99.8 cm³/mol. The molecule has 0 aliphatic rings. The van der Waals surface area contributed by atoms with Crippen LogP contribution >= 0.6 is 0 Å². The van der Waals surface area contributed by atoms with Gasteiger partial charge in [0, 0.05) is 36.9 Å². The van der Waals surface area contributed by atoms with Gasteiger partial charge in [0.15, 0.2) is 0 Å². The molecule has 0 spiro atoms. The summed E-state index contributed by atoms with van der Waals surface area (Å²) >= 11 is 0. The highest BCUT2D eigenvalue weighted by Gasteiger charge is 2.17. The monoisotopic (exact) mass is 371 g/mol. The van der Waals surface area contributed by atoms with Crippen molar-refractivity contribution < 1.29 is 13.2 Å². The van der Waals surface area contributed by atoms with Crippen LogP contribution in [0.25, 0.3) is 10.9 Å². The molecule has 1 heterocycles. The number of sulfonamides is 1. The van der Waals surface area contributed by atoms with E-state index in [9.17, 15) is 18.0 Å². The molecule has 3 aromatic rings. The molecule has 26 heavy (non-hydrogen) atoms. The molecule has 8 heteroatoms. The number of anilines is 1. The van der Waals surface area contributed by atoms with E-state index in [0.29, 0.717) is 16.6 Å². The van der Waals surface area contributed by atoms with Crippen LogP contribution in [0.5, 0.6) is 0 Å². The third-order valence-corrected chi connectivity index (χ3v) is 5.75. The van der Waals surface area contributed by atoms with E-state index in [2.05, 4.69) is 10.3 Å². The highest BCUT2D eigenvalue weighted by atomic mass is 32.2. The zero-order valence-electron chi connectivity index (χ0n) is 14.2. The molecule has 3 rings (SSSR count). The maximum Gasteiger partial charge on any atom is 0.261 e. The summed E-state index contributed by atoms with van der Waals surface area (Å²) in [6, 6.07) is 12.7. The first kappa shape index (κ1) is 17.8. The van der Waals surface area contributed by atoms with Crippen molar-refractivity contribution in [3.63, 3.8) is 0 Å². The van der Waals surface area contributed by atoms with Gasteiger partial charge in [-0.3, -0.25) is 9.59 Å². The second-order valence-electron chi connectivity index (χ2n) is 5.84. The minimum atomic E-state index is -3.54. The molecule has 2 N–H and O–H groups in total. The van der Waals surface area contributed by atoms with E-state index in [1.165, 1.54) is 44.6 Å². The molecule has 7 nitrogen and oxygen atoms in total. The summed E-state index contributed by atoms with van der Waals surface area (Å²) in [5.74, 6) is -0.569. The van der Waals surface area contributed by atoms with Crippen LogP contribution in [0.1, 0.15) is 10.4 Å². The third kappa shape index (κ3) is 3.24. The molecule has 0 saturated carbocycles. The topological polar surface area (TPSA) is 99.3 Å². The summed E-state index contributed by atoms with van der Waals surface area (Å²) in [6.07, 6.45) is 1.37. The Bertz CT molecular complexity index is 1130. The van der Waals surface area contributed by atoms with Crippen LogP contribution in [-0.4, -0.2) is 37.7 Å². The van der Waals surface area contributed by atoms with Crippen LogP contribution in [-0.2, 0) is 10.0 Å². The number of hydrogen-bond acceptors (Lipinski definition) is 4. The third-order valence-electron chi connectivity index (χ3n) is 3.92. The molecule has 1 amide bonds. The van der Waals surface area contributed by atoms with Gasteiger partial charge in [-0.25, -0.2) is 12.7 Å². The van der Waals surface area contributed by atoms with Gasteiger partial charge in [-0.15, -0.1) is 0 Å². The van der Waals surface area contributed by atoms with Crippen molar-refractivity contribution in [1.29, 1.82) is 0 Å². The summed E-state index contributed by atoms with van der Waals surface area (Å²) in [6.45, 7) is 0. The van der Waals surface area contributed by atoms with Crippen LogP contribution in [0, 0.1) is 0 Å². The van der Waals surface area contributed by atoms with Gasteiger partial charge in [0.2, 0.25) is 15.5 Å². The number of para-hydroxylation sites is 1. The van der Waals surface area contributed by atoms with Gasteiger partial charge in [0.05, 0.1) is 4.90 Å². The number of nitrogens with one attached hydrogen (secondary N) is 2.